The van der Waals surface area contributed by atoms with Crippen LogP contribution in [0.3, 0.4) is 0 Å². The lowest BCUT2D eigenvalue weighted by Crippen LogP contribution is -2.27. The van der Waals surface area contributed by atoms with Gasteiger partial charge in [-0.3, -0.25) is 14.2 Å². The molecule has 9 heteroatoms. The minimum atomic E-state index is -0.512. The molecule has 0 aliphatic carbocycles. The van der Waals surface area contributed by atoms with E-state index in [1.54, 1.807) is 48.9 Å². The number of rotatable bonds is 10. The lowest BCUT2D eigenvalue weighted by molar-refractivity contribution is -0.115. The molecular weight excluding hydrogens is 450 g/mol. The predicted octanol–water partition coefficient (Wildman–Crippen LogP) is 4.60. The molecule has 3 rings (SSSR count). The highest BCUT2D eigenvalue weighted by Gasteiger charge is 2.20. The Hall–Kier alpha value is -2.55. The molecule has 1 atom stereocenters. The highest BCUT2D eigenvalue weighted by Crippen LogP contribution is 2.28. The summed E-state index contributed by atoms with van der Waals surface area (Å²) in [6.07, 6.45) is 0.646. The van der Waals surface area contributed by atoms with Crippen molar-refractivity contribution in [1.82, 2.24) is 9.55 Å². The summed E-state index contributed by atoms with van der Waals surface area (Å²) in [4.78, 5) is 30.7. The maximum Gasteiger partial charge on any atom is 0.262 e. The van der Waals surface area contributed by atoms with Crippen LogP contribution in [0.5, 0.6) is 5.75 Å². The molecule has 0 saturated carbocycles. The number of amides is 1. The highest BCUT2D eigenvalue weighted by atomic mass is 35.5. The van der Waals surface area contributed by atoms with E-state index in [-0.39, 0.29) is 11.5 Å². The summed E-state index contributed by atoms with van der Waals surface area (Å²) in [5, 5.41) is 3.84. The number of aromatic nitrogens is 2. The summed E-state index contributed by atoms with van der Waals surface area (Å²) in [5.41, 5.74) is 0.935. The third-order valence-corrected chi connectivity index (χ3v) is 6.03. The molecule has 7 nitrogen and oxygen atoms in total. The van der Waals surface area contributed by atoms with Crippen LogP contribution in [0.4, 0.5) is 5.69 Å². The minimum Gasteiger partial charge on any atom is -0.492 e. The summed E-state index contributed by atoms with van der Waals surface area (Å²) in [6, 6.07) is 12.3. The van der Waals surface area contributed by atoms with Crippen molar-refractivity contribution in [2.75, 3.05) is 25.6 Å². The zero-order chi connectivity index (χ0) is 23.1. The molecule has 170 valence electrons. The molecule has 0 aliphatic heterocycles. The van der Waals surface area contributed by atoms with Gasteiger partial charge in [-0.15, -0.1) is 0 Å². The maximum absolute atomic E-state index is 13.1. The molecule has 32 heavy (non-hydrogen) atoms. The first-order valence-electron chi connectivity index (χ1n) is 10.3. The van der Waals surface area contributed by atoms with Crippen molar-refractivity contribution in [2.45, 2.75) is 37.2 Å². The summed E-state index contributed by atoms with van der Waals surface area (Å²) in [5.74, 6) is 0.390. The van der Waals surface area contributed by atoms with E-state index in [0.717, 1.165) is 0 Å². The molecule has 1 aromatic heterocycles. The average molecular weight is 476 g/mol. The third-order valence-electron chi connectivity index (χ3n) is 4.71. The number of nitrogens with one attached hydrogen (secondary N) is 1. The van der Waals surface area contributed by atoms with Crippen LogP contribution in [0, 0.1) is 0 Å². The lowest BCUT2D eigenvalue weighted by Gasteiger charge is -2.17. The molecule has 1 N–H and O–H groups in total. The van der Waals surface area contributed by atoms with Gasteiger partial charge in [0.1, 0.15) is 5.75 Å². The number of anilines is 1. The van der Waals surface area contributed by atoms with Gasteiger partial charge in [0.25, 0.3) is 5.56 Å². The number of fused-ring (bicyclic) bond motifs is 1. The van der Waals surface area contributed by atoms with Gasteiger partial charge in [0.2, 0.25) is 5.91 Å². The fourth-order valence-corrected chi connectivity index (χ4v) is 4.23. The first kappa shape index (κ1) is 24.1. The zero-order valence-corrected chi connectivity index (χ0v) is 19.8. The largest absolute Gasteiger partial charge is 0.492 e. The van der Waals surface area contributed by atoms with E-state index in [4.69, 9.17) is 21.1 Å². The number of carbonyl (C=O) groups excluding carboxylic acids is 1. The van der Waals surface area contributed by atoms with Crippen molar-refractivity contribution >= 4 is 45.9 Å². The highest BCUT2D eigenvalue weighted by molar-refractivity contribution is 8.00. The third kappa shape index (κ3) is 5.82. The zero-order valence-electron chi connectivity index (χ0n) is 18.3. The maximum atomic E-state index is 13.1. The normalized spacial score (nSPS) is 12.0. The van der Waals surface area contributed by atoms with Crippen LogP contribution in [0.15, 0.2) is 52.4 Å². The number of nitrogens with zero attached hydrogens (tertiary/aromatic N) is 2. The van der Waals surface area contributed by atoms with Gasteiger partial charge < -0.3 is 14.8 Å². The Bertz CT molecular complexity index is 1150. The molecule has 0 fully saturated rings. The van der Waals surface area contributed by atoms with E-state index in [1.807, 2.05) is 19.1 Å². The van der Waals surface area contributed by atoms with Crippen molar-refractivity contribution in [2.24, 2.45) is 0 Å². The Balaban J connectivity index is 1.88. The van der Waals surface area contributed by atoms with Gasteiger partial charge in [-0.1, -0.05) is 35.5 Å². The number of carbonyl (C=O) groups is 1. The van der Waals surface area contributed by atoms with Crippen LogP contribution in [0.25, 0.3) is 10.9 Å². The van der Waals surface area contributed by atoms with Gasteiger partial charge in [-0.05, 0) is 50.6 Å². The van der Waals surface area contributed by atoms with Crippen LogP contribution < -0.4 is 15.6 Å². The van der Waals surface area contributed by atoms with E-state index >= 15 is 0 Å². The predicted molar refractivity (Wildman–Crippen MR) is 129 cm³/mol. The lowest BCUT2D eigenvalue weighted by atomic mass is 10.2. The first-order valence-corrected chi connectivity index (χ1v) is 11.6. The van der Waals surface area contributed by atoms with Crippen LogP contribution >= 0.6 is 23.4 Å². The van der Waals surface area contributed by atoms with E-state index in [0.29, 0.717) is 58.7 Å². The fourth-order valence-electron chi connectivity index (χ4n) is 3.13. The molecular formula is C23H26ClN3O4S. The second-order valence-corrected chi connectivity index (χ2v) is 8.78. The minimum absolute atomic E-state index is 0.167. The molecule has 0 saturated heterocycles. The molecule has 0 aliphatic rings. The molecule has 1 unspecified atom stereocenters. The number of para-hydroxylation sites is 2. The summed E-state index contributed by atoms with van der Waals surface area (Å²) in [7, 11) is 1.62. The number of ether oxygens (including phenoxy) is 2. The van der Waals surface area contributed by atoms with Gasteiger partial charge in [-0.2, -0.15) is 0 Å². The monoisotopic (exact) mass is 475 g/mol. The van der Waals surface area contributed by atoms with Crippen molar-refractivity contribution in [1.29, 1.82) is 0 Å². The number of halogens is 1. The van der Waals surface area contributed by atoms with Gasteiger partial charge >= 0.3 is 0 Å². The molecule has 2 aromatic carbocycles. The van der Waals surface area contributed by atoms with Gasteiger partial charge in [0.05, 0.1) is 28.4 Å². The SMILES string of the molecule is CCOc1ccccc1NC(=O)C(C)Sc1nc2cc(Cl)ccc2c(=O)n1CCCOC. The number of benzene rings is 2. The van der Waals surface area contributed by atoms with Gasteiger partial charge in [0.15, 0.2) is 5.16 Å². The van der Waals surface area contributed by atoms with E-state index in [2.05, 4.69) is 10.3 Å². The van der Waals surface area contributed by atoms with Crippen LogP contribution in [-0.2, 0) is 16.1 Å². The average Bonchev–Trinajstić information content (AvgIpc) is 2.77. The van der Waals surface area contributed by atoms with Crippen molar-refractivity contribution in [3.05, 3.63) is 57.8 Å². The van der Waals surface area contributed by atoms with Crippen molar-refractivity contribution < 1.29 is 14.3 Å². The van der Waals surface area contributed by atoms with Gasteiger partial charge in [0, 0.05) is 25.3 Å². The molecule has 1 heterocycles. The Kier molecular flexibility index (Phi) is 8.55. The summed E-state index contributed by atoms with van der Waals surface area (Å²) >= 11 is 7.33. The number of hydrogen-bond donors (Lipinski definition) is 1. The fraction of sp³-hybridized carbons (Fsp3) is 0.348. The van der Waals surface area contributed by atoms with Crippen LogP contribution in [-0.4, -0.2) is 41.0 Å². The number of methoxy groups -OCH3 is 1. The van der Waals surface area contributed by atoms with E-state index in [1.165, 1.54) is 11.8 Å². The molecule has 0 radical (unpaired) electrons. The molecule has 0 bridgehead atoms. The Morgan fingerprint density at radius 2 is 2.06 bits per heavy atom. The second-order valence-electron chi connectivity index (χ2n) is 7.04. The van der Waals surface area contributed by atoms with Crippen molar-refractivity contribution in [3.63, 3.8) is 0 Å². The number of hydrogen-bond acceptors (Lipinski definition) is 6. The van der Waals surface area contributed by atoms with Crippen molar-refractivity contribution in [3.8, 4) is 5.75 Å². The number of thioether (sulfide) groups is 1. The Labute approximate surface area is 196 Å². The standard InChI is InChI=1S/C23H26ClN3O4S/c1-4-31-20-9-6-5-8-18(20)25-21(28)15(2)32-23-26-19-14-16(24)10-11-17(19)22(29)27(23)12-7-13-30-3/h5-6,8-11,14-15H,4,7,12-13H2,1-3H3,(H,25,28). The second kappa shape index (κ2) is 11.4. The Morgan fingerprint density at radius 1 is 1.28 bits per heavy atom. The summed E-state index contributed by atoms with van der Waals surface area (Å²) in [6.45, 7) is 5.10. The smallest absolute Gasteiger partial charge is 0.262 e. The summed E-state index contributed by atoms with van der Waals surface area (Å²) < 4.78 is 12.3. The molecule has 3 aromatic rings. The van der Waals surface area contributed by atoms with E-state index in [9.17, 15) is 9.59 Å². The van der Waals surface area contributed by atoms with E-state index < -0.39 is 5.25 Å². The van der Waals surface area contributed by atoms with Crippen LogP contribution in [0.2, 0.25) is 5.02 Å². The first-order chi connectivity index (χ1) is 15.4. The molecule has 1 amide bonds. The molecule has 0 spiro atoms. The topological polar surface area (TPSA) is 82.5 Å². The van der Waals surface area contributed by atoms with Crippen LogP contribution in [0.1, 0.15) is 20.3 Å². The quantitative estimate of drug-likeness (QED) is 0.262. The Morgan fingerprint density at radius 3 is 2.81 bits per heavy atom. The van der Waals surface area contributed by atoms with Gasteiger partial charge in [-0.25, -0.2) is 4.98 Å².